The number of hydrogen-bond acceptors (Lipinski definition) is 6. The highest BCUT2D eigenvalue weighted by molar-refractivity contribution is 7.89. The van der Waals surface area contributed by atoms with E-state index < -0.39 is 16.1 Å². The first kappa shape index (κ1) is 33.7. The lowest BCUT2D eigenvalue weighted by Crippen LogP contribution is -2.43. The minimum Gasteiger partial charge on any atom is -0.497 e. The smallest absolute Gasteiger partial charge is 0.247 e. The molecule has 1 aliphatic heterocycles. The molecule has 0 aliphatic carbocycles. The molecule has 1 atom stereocenters. The fourth-order valence-electron chi connectivity index (χ4n) is 5.79. The molecule has 1 fully saturated rings. The van der Waals surface area contributed by atoms with Gasteiger partial charge in [0.15, 0.2) is 0 Å². The van der Waals surface area contributed by atoms with Gasteiger partial charge in [-0.25, -0.2) is 8.42 Å². The number of carbonyl (C=O) groups excluding carboxylic acids is 2. The molecule has 0 spiro atoms. The van der Waals surface area contributed by atoms with Crippen molar-refractivity contribution in [3.63, 3.8) is 0 Å². The van der Waals surface area contributed by atoms with Crippen LogP contribution in [0.3, 0.4) is 0 Å². The van der Waals surface area contributed by atoms with Crippen molar-refractivity contribution in [3.8, 4) is 11.5 Å². The Morgan fingerprint density at radius 1 is 0.809 bits per heavy atom. The van der Waals surface area contributed by atoms with E-state index in [-0.39, 0.29) is 36.2 Å². The van der Waals surface area contributed by atoms with Crippen molar-refractivity contribution in [2.24, 2.45) is 0 Å². The Morgan fingerprint density at radius 3 is 2.11 bits per heavy atom. The number of rotatable bonds is 14. The zero-order valence-corrected chi connectivity index (χ0v) is 27.6. The van der Waals surface area contributed by atoms with E-state index in [9.17, 15) is 18.0 Å². The highest BCUT2D eigenvalue weighted by Gasteiger charge is 2.32. The van der Waals surface area contributed by atoms with E-state index in [1.54, 1.807) is 43.4 Å². The lowest BCUT2D eigenvalue weighted by molar-refractivity contribution is -0.141. The molecule has 0 radical (unpaired) electrons. The Balaban J connectivity index is 1.39. The third kappa shape index (κ3) is 8.38. The van der Waals surface area contributed by atoms with Gasteiger partial charge in [-0.2, -0.15) is 4.31 Å². The van der Waals surface area contributed by atoms with E-state index in [1.165, 1.54) is 4.31 Å². The van der Waals surface area contributed by atoms with E-state index >= 15 is 0 Å². The molecule has 4 aromatic carbocycles. The highest BCUT2D eigenvalue weighted by atomic mass is 32.2. The number of nitrogens with zero attached hydrogens (tertiary/aromatic N) is 2. The third-order valence-electron chi connectivity index (χ3n) is 8.41. The summed E-state index contributed by atoms with van der Waals surface area (Å²) in [6, 6.07) is 30.0. The number of benzene rings is 4. The average Bonchev–Trinajstić information content (AvgIpc) is 3.67. The molecule has 2 amide bonds. The molecule has 9 nitrogen and oxygen atoms in total. The first-order valence-corrected chi connectivity index (χ1v) is 17.2. The van der Waals surface area contributed by atoms with Crippen molar-refractivity contribution in [2.45, 2.75) is 49.7 Å². The van der Waals surface area contributed by atoms with Crippen molar-refractivity contribution >= 4 is 21.8 Å². The van der Waals surface area contributed by atoms with Crippen molar-refractivity contribution in [1.82, 2.24) is 14.5 Å². The van der Waals surface area contributed by atoms with E-state index in [1.807, 2.05) is 78.9 Å². The monoisotopic (exact) mass is 655 g/mol. The number of aryl methyl sites for hydroxylation is 1. The highest BCUT2D eigenvalue weighted by Crippen LogP contribution is 2.27. The van der Waals surface area contributed by atoms with Gasteiger partial charge < -0.3 is 19.7 Å². The Morgan fingerprint density at radius 2 is 1.45 bits per heavy atom. The minimum absolute atomic E-state index is 0.123. The van der Waals surface area contributed by atoms with Crippen LogP contribution in [0.4, 0.5) is 0 Å². The first-order chi connectivity index (χ1) is 22.8. The molecule has 4 aromatic rings. The number of carbonyl (C=O) groups is 2. The first-order valence-electron chi connectivity index (χ1n) is 15.8. The van der Waals surface area contributed by atoms with Crippen molar-refractivity contribution in [2.75, 3.05) is 27.3 Å². The molecule has 0 saturated carbocycles. The summed E-state index contributed by atoms with van der Waals surface area (Å²) in [6.07, 6.45) is 2.24. The summed E-state index contributed by atoms with van der Waals surface area (Å²) in [7, 11) is -0.344. The van der Waals surface area contributed by atoms with Gasteiger partial charge in [-0.15, -0.1) is 0 Å². The Kier molecular flexibility index (Phi) is 11.3. The molecular weight excluding hydrogens is 614 g/mol. The number of ether oxygens (including phenoxy) is 2. The SMILES string of the molecule is COc1ccc(CN(C(=O)CCc2ccc(S(=O)(=O)N3CCCC3)cc2)C(C(=O)NCc2ccccc2OC)c2ccccc2)cc1. The Labute approximate surface area is 277 Å². The molecule has 246 valence electrons. The van der Waals surface area contributed by atoms with Gasteiger partial charge in [0.2, 0.25) is 21.8 Å². The Hall–Kier alpha value is -4.67. The topological polar surface area (TPSA) is 105 Å². The summed E-state index contributed by atoms with van der Waals surface area (Å²) < 4.78 is 38.3. The fraction of sp³-hybridized carbons (Fsp3) is 0.297. The number of methoxy groups -OCH3 is 2. The van der Waals surface area contributed by atoms with Crippen LogP contribution in [0.2, 0.25) is 0 Å². The summed E-state index contributed by atoms with van der Waals surface area (Å²) in [5, 5.41) is 3.04. The summed E-state index contributed by atoms with van der Waals surface area (Å²) in [6.45, 7) is 1.50. The van der Waals surface area contributed by atoms with E-state index in [0.717, 1.165) is 29.5 Å². The molecule has 1 aliphatic rings. The van der Waals surface area contributed by atoms with Gasteiger partial charge in [0.05, 0.1) is 19.1 Å². The normalized spacial score (nSPS) is 13.9. The molecule has 10 heteroatoms. The maximum absolute atomic E-state index is 14.1. The predicted octanol–water partition coefficient (Wildman–Crippen LogP) is 5.51. The zero-order valence-electron chi connectivity index (χ0n) is 26.8. The molecule has 0 aromatic heterocycles. The van der Waals surface area contributed by atoms with Crippen LogP contribution in [0.5, 0.6) is 11.5 Å². The molecule has 1 N–H and O–H groups in total. The van der Waals surface area contributed by atoms with Crippen LogP contribution in [0.15, 0.2) is 108 Å². The number of hydrogen-bond donors (Lipinski definition) is 1. The summed E-state index contributed by atoms with van der Waals surface area (Å²) in [5.41, 5.74) is 3.18. The van der Waals surface area contributed by atoms with Gasteiger partial charge in [0.1, 0.15) is 17.5 Å². The van der Waals surface area contributed by atoms with Crippen LogP contribution >= 0.6 is 0 Å². The molecule has 1 unspecified atom stereocenters. The maximum Gasteiger partial charge on any atom is 0.247 e. The number of para-hydroxylation sites is 1. The lowest BCUT2D eigenvalue weighted by Gasteiger charge is -2.32. The van der Waals surface area contributed by atoms with Gasteiger partial charge >= 0.3 is 0 Å². The van der Waals surface area contributed by atoms with Crippen LogP contribution < -0.4 is 14.8 Å². The van der Waals surface area contributed by atoms with Crippen LogP contribution in [0.25, 0.3) is 0 Å². The van der Waals surface area contributed by atoms with Gasteiger partial charge in [-0.1, -0.05) is 72.8 Å². The van der Waals surface area contributed by atoms with E-state index in [4.69, 9.17) is 9.47 Å². The molecule has 1 saturated heterocycles. The number of sulfonamides is 1. The fourth-order valence-corrected chi connectivity index (χ4v) is 7.30. The number of amides is 2. The van der Waals surface area contributed by atoms with Crippen LogP contribution in [0, 0.1) is 0 Å². The quantitative estimate of drug-likeness (QED) is 0.192. The van der Waals surface area contributed by atoms with E-state index in [0.29, 0.717) is 36.6 Å². The third-order valence-corrected chi connectivity index (χ3v) is 10.3. The van der Waals surface area contributed by atoms with Crippen molar-refractivity contribution in [1.29, 1.82) is 0 Å². The standard InChI is InChI=1S/C37H41N3O6S/c1-45-32-19-14-29(15-20-32)27-40(35(41)23-18-28-16-21-33(22-17-28)47(43,44)39-24-8-9-25-39)36(30-10-4-3-5-11-30)37(42)38-26-31-12-6-7-13-34(31)46-2/h3-7,10-17,19-22,36H,8-9,18,23-27H2,1-2H3,(H,38,42). The molecular formula is C37H41N3O6S. The summed E-state index contributed by atoms with van der Waals surface area (Å²) in [5.74, 6) is 0.821. The van der Waals surface area contributed by atoms with Crippen LogP contribution in [-0.4, -0.2) is 56.7 Å². The van der Waals surface area contributed by atoms with E-state index in [2.05, 4.69) is 5.32 Å². The molecule has 1 heterocycles. The summed E-state index contributed by atoms with van der Waals surface area (Å²) in [4.78, 5) is 30.0. The second-order valence-corrected chi connectivity index (χ2v) is 13.4. The minimum atomic E-state index is -3.52. The van der Waals surface area contributed by atoms with Gasteiger partial charge in [0.25, 0.3) is 0 Å². The molecule has 0 bridgehead atoms. The second kappa shape index (κ2) is 15.8. The largest absolute Gasteiger partial charge is 0.497 e. The molecule has 5 rings (SSSR count). The van der Waals surface area contributed by atoms with Gasteiger partial charge in [-0.3, -0.25) is 9.59 Å². The summed E-state index contributed by atoms with van der Waals surface area (Å²) >= 11 is 0. The van der Waals surface area contributed by atoms with Crippen molar-refractivity contribution < 1.29 is 27.5 Å². The lowest BCUT2D eigenvalue weighted by atomic mass is 10.0. The average molecular weight is 656 g/mol. The van der Waals surface area contributed by atoms with Gasteiger partial charge in [0, 0.05) is 38.2 Å². The Bertz CT molecular complexity index is 1740. The van der Waals surface area contributed by atoms with Crippen molar-refractivity contribution in [3.05, 3.63) is 125 Å². The molecule has 47 heavy (non-hydrogen) atoms. The zero-order chi connectivity index (χ0) is 33.2. The predicted molar refractivity (Wildman–Crippen MR) is 180 cm³/mol. The van der Waals surface area contributed by atoms with Crippen LogP contribution in [-0.2, 0) is 39.1 Å². The maximum atomic E-state index is 14.1. The second-order valence-electron chi connectivity index (χ2n) is 11.5. The number of nitrogens with one attached hydrogen (secondary N) is 1. The van der Waals surface area contributed by atoms with Gasteiger partial charge in [-0.05, 0) is 66.3 Å². The van der Waals surface area contributed by atoms with Crippen LogP contribution in [0.1, 0.15) is 47.6 Å².